The van der Waals surface area contributed by atoms with Gasteiger partial charge in [-0.15, -0.1) is 0 Å². The van der Waals surface area contributed by atoms with E-state index in [0.29, 0.717) is 12.6 Å². The third kappa shape index (κ3) is 17.8. The summed E-state index contributed by atoms with van der Waals surface area (Å²) in [6.45, 7) is 7.30. The van der Waals surface area contributed by atoms with Gasteiger partial charge < -0.3 is 20.7 Å². The molecule has 1 rings (SSSR count). The van der Waals surface area contributed by atoms with Crippen LogP contribution >= 0.6 is 0 Å². The monoisotopic (exact) mass is 264 g/mol. The first-order chi connectivity index (χ1) is 8.33. The lowest BCUT2D eigenvalue weighted by molar-refractivity contribution is -0.127. The highest BCUT2D eigenvalue weighted by atomic mass is 16.5. The molecule has 1 fully saturated rings. The van der Waals surface area contributed by atoms with Crippen molar-refractivity contribution in [2.75, 3.05) is 13.2 Å². The molecule has 110 valence electrons. The Morgan fingerprint density at radius 2 is 1.83 bits per heavy atom. The van der Waals surface area contributed by atoms with Crippen LogP contribution in [0, 0.1) is 4.91 Å². The maximum absolute atomic E-state index is 9.69. The molecule has 1 saturated carbocycles. The molecule has 4 N–H and O–H groups in total. The first-order valence-corrected chi connectivity index (χ1v) is 6.44. The van der Waals surface area contributed by atoms with Gasteiger partial charge in [0.05, 0.1) is 12.7 Å². The Hall–Kier alpha value is -0.560. The average Bonchev–Trinajstić information content (AvgIpc) is 2.65. The van der Waals surface area contributed by atoms with Gasteiger partial charge in [-0.25, -0.2) is 0 Å². The summed E-state index contributed by atoms with van der Waals surface area (Å²) in [6, 6.07) is 0.296. The molecule has 6 heteroatoms. The zero-order chi connectivity index (χ0) is 14.6. The number of aliphatic hydroxyl groups is 2. The normalized spacial score (nSPS) is 22.4. The van der Waals surface area contributed by atoms with Gasteiger partial charge in [-0.3, -0.25) is 0 Å². The Kier molecular flexibility index (Phi) is 12.7. The molecular weight excluding hydrogens is 236 g/mol. The minimum Gasteiger partial charge on any atom is -0.376 e. The van der Waals surface area contributed by atoms with Gasteiger partial charge in [0.2, 0.25) is 0 Å². The van der Waals surface area contributed by atoms with Crippen LogP contribution < -0.4 is 5.73 Å². The lowest BCUT2D eigenvalue weighted by Gasteiger charge is -2.08. The van der Waals surface area contributed by atoms with Gasteiger partial charge in [0.15, 0.2) is 5.79 Å². The molecule has 0 bridgehead atoms. The predicted octanol–water partition coefficient (Wildman–Crippen LogP) is 1.38. The molecule has 6 nitrogen and oxygen atoms in total. The molecule has 0 amide bonds. The van der Waals surface area contributed by atoms with E-state index >= 15 is 0 Å². The maximum Gasteiger partial charge on any atom is 0.156 e. The highest BCUT2D eigenvalue weighted by molar-refractivity contribution is 4.78. The zero-order valence-corrected chi connectivity index (χ0v) is 11.9. The number of nitrogens with zero attached hydrogens (tertiary/aromatic N) is 1. The summed E-state index contributed by atoms with van der Waals surface area (Å²) < 4.78 is 5.34. The van der Waals surface area contributed by atoms with Crippen LogP contribution in [0.5, 0.6) is 0 Å². The van der Waals surface area contributed by atoms with E-state index < -0.39 is 5.79 Å². The first-order valence-electron chi connectivity index (χ1n) is 6.44. The number of ether oxygens (including phenoxy) is 1. The van der Waals surface area contributed by atoms with E-state index in [1.165, 1.54) is 13.8 Å². The fourth-order valence-corrected chi connectivity index (χ4v) is 1.38. The van der Waals surface area contributed by atoms with Gasteiger partial charge in [-0.2, -0.15) is 4.91 Å². The van der Waals surface area contributed by atoms with Crippen LogP contribution in [0.15, 0.2) is 5.18 Å². The fourth-order valence-electron chi connectivity index (χ4n) is 1.38. The van der Waals surface area contributed by atoms with Crippen LogP contribution in [0.1, 0.15) is 47.0 Å². The lowest BCUT2D eigenvalue weighted by atomic mass is 10.3. The Morgan fingerprint density at radius 3 is 2.17 bits per heavy atom. The second kappa shape index (κ2) is 11.5. The van der Waals surface area contributed by atoms with Crippen LogP contribution in [-0.2, 0) is 4.74 Å². The van der Waals surface area contributed by atoms with E-state index in [-0.39, 0.29) is 12.6 Å². The largest absolute Gasteiger partial charge is 0.376 e. The van der Waals surface area contributed by atoms with E-state index in [1.54, 1.807) is 0 Å². The van der Waals surface area contributed by atoms with Crippen LogP contribution in [0.25, 0.3) is 0 Å². The Balaban J connectivity index is 0. The molecule has 0 heterocycles. The van der Waals surface area contributed by atoms with Crippen LogP contribution in [-0.4, -0.2) is 41.3 Å². The van der Waals surface area contributed by atoms with Gasteiger partial charge in [0.25, 0.3) is 0 Å². The Bertz CT molecular complexity index is 189. The number of rotatable bonds is 4. The molecular formula is C12H28N2O4. The van der Waals surface area contributed by atoms with E-state index in [9.17, 15) is 4.91 Å². The van der Waals surface area contributed by atoms with Crippen molar-refractivity contribution >= 4 is 0 Å². The zero-order valence-electron chi connectivity index (χ0n) is 11.9. The van der Waals surface area contributed by atoms with Crippen molar-refractivity contribution in [2.45, 2.75) is 64.9 Å². The molecule has 0 aromatic rings. The highest BCUT2D eigenvalue weighted by Gasteiger charge is 2.21. The molecule has 1 aliphatic rings. The van der Waals surface area contributed by atoms with Gasteiger partial charge in [-0.05, 0) is 33.1 Å². The minimum absolute atomic E-state index is 0.256. The van der Waals surface area contributed by atoms with E-state index in [4.69, 9.17) is 20.7 Å². The van der Waals surface area contributed by atoms with Crippen LogP contribution in [0.2, 0.25) is 0 Å². The Morgan fingerprint density at radius 1 is 1.33 bits per heavy atom. The third-order valence-corrected chi connectivity index (χ3v) is 1.96. The molecule has 18 heavy (non-hydrogen) atoms. The van der Waals surface area contributed by atoms with Crippen molar-refractivity contribution in [3.8, 4) is 0 Å². The van der Waals surface area contributed by atoms with Crippen molar-refractivity contribution in [2.24, 2.45) is 10.9 Å². The number of nitroso groups, excluding NO2 is 1. The molecule has 0 radical (unpaired) electrons. The lowest BCUT2D eigenvalue weighted by Crippen LogP contribution is -2.18. The molecule has 0 aliphatic heterocycles. The summed E-state index contributed by atoms with van der Waals surface area (Å²) in [5.41, 5.74) is 5.66. The van der Waals surface area contributed by atoms with E-state index in [1.807, 2.05) is 13.8 Å². The quantitative estimate of drug-likeness (QED) is 0.404. The van der Waals surface area contributed by atoms with Crippen molar-refractivity contribution < 1.29 is 14.9 Å². The predicted molar refractivity (Wildman–Crippen MR) is 72.1 cm³/mol. The molecule has 0 saturated heterocycles. The van der Waals surface area contributed by atoms with Crippen molar-refractivity contribution in [3.05, 3.63) is 4.91 Å². The maximum atomic E-state index is 9.69. The SMILES string of the molecule is CC.CC(C)(O)O.NC1CCC(OCCN=O)C1. The first kappa shape index (κ1) is 19.8. The van der Waals surface area contributed by atoms with E-state index in [2.05, 4.69) is 5.18 Å². The standard InChI is InChI=1S/C7H14N2O2.C3H8O2.C2H6/c8-6-1-2-7(5-6)11-4-3-9-10;1-3(2,4)5;1-2/h6-7H,1-5,8H2;4-5H,1-2H3;1-2H3. The molecule has 0 aromatic heterocycles. The number of hydrogen-bond acceptors (Lipinski definition) is 6. The summed E-state index contributed by atoms with van der Waals surface area (Å²) in [6.07, 6.45) is 3.27. The van der Waals surface area contributed by atoms with Crippen molar-refractivity contribution in [1.29, 1.82) is 0 Å². The minimum atomic E-state index is -1.50. The van der Waals surface area contributed by atoms with Gasteiger partial charge in [0, 0.05) is 6.04 Å². The second-order valence-corrected chi connectivity index (χ2v) is 4.41. The molecule has 2 unspecified atom stereocenters. The summed E-state index contributed by atoms with van der Waals surface area (Å²) in [4.78, 5) is 9.69. The smallest absolute Gasteiger partial charge is 0.156 e. The second-order valence-electron chi connectivity index (χ2n) is 4.41. The summed E-state index contributed by atoms with van der Waals surface area (Å²) in [7, 11) is 0. The summed E-state index contributed by atoms with van der Waals surface area (Å²) in [5.74, 6) is -1.50. The number of hydrogen-bond donors (Lipinski definition) is 3. The topological polar surface area (TPSA) is 105 Å². The molecule has 1 aliphatic carbocycles. The summed E-state index contributed by atoms with van der Waals surface area (Å²) in [5, 5.41) is 18.9. The summed E-state index contributed by atoms with van der Waals surface area (Å²) >= 11 is 0. The molecule has 0 aromatic carbocycles. The van der Waals surface area contributed by atoms with Crippen molar-refractivity contribution in [1.82, 2.24) is 0 Å². The third-order valence-electron chi connectivity index (χ3n) is 1.96. The molecule has 2 atom stereocenters. The Labute approximate surface area is 109 Å². The van der Waals surface area contributed by atoms with Gasteiger partial charge in [0.1, 0.15) is 6.54 Å². The van der Waals surface area contributed by atoms with Crippen molar-refractivity contribution in [3.63, 3.8) is 0 Å². The number of nitrogens with two attached hydrogens (primary N) is 1. The van der Waals surface area contributed by atoms with Gasteiger partial charge in [-0.1, -0.05) is 19.0 Å². The average molecular weight is 264 g/mol. The van der Waals surface area contributed by atoms with E-state index in [0.717, 1.165) is 19.3 Å². The fraction of sp³-hybridized carbons (Fsp3) is 1.00. The van der Waals surface area contributed by atoms with Gasteiger partial charge >= 0.3 is 0 Å². The highest BCUT2D eigenvalue weighted by Crippen LogP contribution is 2.19. The van der Waals surface area contributed by atoms with Crippen LogP contribution in [0.3, 0.4) is 0 Å². The molecule has 0 spiro atoms. The van der Waals surface area contributed by atoms with Crippen LogP contribution in [0.4, 0.5) is 0 Å².